The van der Waals surface area contributed by atoms with Gasteiger partial charge in [-0.15, -0.1) is 0 Å². The number of anilines is 1. The first-order valence-electron chi connectivity index (χ1n) is 9.84. The summed E-state index contributed by atoms with van der Waals surface area (Å²) in [5, 5.41) is 4.20. The van der Waals surface area contributed by atoms with Gasteiger partial charge in [-0.1, -0.05) is 58.5 Å². The molecule has 0 bridgehead atoms. The van der Waals surface area contributed by atoms with E-state index in [1.165, 1.54) is 19.3 Å². The zero-order valence-corrected chi connectivity index (χ0v) is 20.6. The predicted molar refractivity (Wildman–Crippen MR) is 134 cm³/mol. The van der Waals surface area contributed by atoms with Crippen molar-refractivity contribution < 1.29 is 19.1 Å². The first-order valence-corrected chi connectivity index (χ1v) is 11.3. The summed E-state index contributed by atoms with van der Waals surface area (Å²) >= 11 is 24.6. The van der Waals surface area contributed by atoms with Crippen LogP contribution in [0.5, 0.6) is 11.5 Å². The monoisotopic (exact) mass is 536 g/mol. The highest BCUT2D eigenvalue weighted by Crippen LogP contribution is 2.38. The van der Waals surface area contributed by atoms with E-state index in [2.05, 4.69) is 5.32 Å². The summed E-state index contributed by atoms with van der Waals surface area (Å²) < 4.78 is 11.3. The Bertz CT molecular complexity index is 1330. The van der Waals surface area contributed by atoms with Crippen LogP contribution in [0.25, 0.3) is 6.08 Å². The van der Waals surface area contributed by atoms with Gasteiger partial charge in [-0.3, -0.25) is 4.79 Å². The fourth-order valence-corrected chi connectivity index (χ4v) is 4.22. The Balaban J connectivity index is 1.59. The minimum absolute atomic E-state index is 0.0738. The summed E-state index contributed by atoms with van der Waals surface area (Å²) in [7, 11) is 1.47. The van der Waals surface area contributed by atoms with E-state index in [-0.39, 0.29) is 17.3 Å². The van der Waals surface area contributed by atoms with Crippen molar-refractivity contribution in [1.82, 2.24) is 5.32 Å². The maximum Gasteiger partial charge on any atom is 0.333 e. The number of methoxy groups -OCH3 is 1. The Morgan fingerprint density at radius 3 is 2.41 bits per heavy atom. The Labute approximate surface area is 215 Å². The molecule has 0 spiro atoms. The van der Waals surface area contributed by atoms with Crippen LogP contribution in [0.1, 0.15) is 11.1 Å². The van der Waals surface area contributed by atoms with E-state index in [0.29, 0.717) is 37.8 Å². The number of halogens is 4. The molecule has 10 heteroatoms. The first-order chi connectivity index (χ1) is 16.3. The standard InChI is InChI=1S/C24H16Cl4N2O4/c1-33-21-9-13(7-19(28)22(21)34-12-14-5-6-16(26)11-18(14)27)8-20-23(31)30(24(32)29-20)17-4-2-3-15(25)10-17/h2-11H,12H2,1H3,(H,29,32)/b20-8+. The molecule has 34 heavy (non-hydrogen) atoms. The first kappa shape index (κ1) is 24.2. The average Bonchev–Trinajstić information content (AvgIpc) is 3.06. The van der Waals surface area contributed by atoms with E-state index in [1.807, 2.05) is 0 Å². The van der Waals surface area contributed by atoms with Crippen molar-refractivity contribution in [3.63, 3.8) is 0 Å². The average molecular weight is 538 g/mol. The lowest BCUT2D eigenvalue weighted by atomic mass is 10.1. The van der Waals surface area contributed by atoms with Crippen LogP contribution in [0.4, 0.5) is 10.5 Å². The van der Waals surface area contributed by atoms with Crippen molar-refractivity contribution in [2.75, 3.05) is 12.0 Å². The van der Waals surface area contributed by atoms with E-state index in [9.17, 15) is 9.59 Å². The maximum absolute atomic E-state index is 12.9. The van der Waals surface area contributed by atoms with Crippen LogP contribution in [0.15, 0.2) is 60.3 Å². The van der Waals surface area contributed by atoms with Crippen LogP contribution < -0.4 is 19.7 Å². The van der Waals surface area contributed by atoms with Gasteiger partial charge >= 0.3 is 6.03 Å². The molecule has 0 saturated carbocycles. The zero-order valence-electron chi connectivity index (χ0n) is 17.6. The van der Waals surface area contributed by atoms with Gasteiger partial charge in [0.1, 0.15) is 12.3 Å². The van der Waals surface area contributed by atoms with Gasteiger partial charge in [-0.05, 0) is 54.1 Å². The van der Waals surface area contributed by atoms with Crippen molar-refractivity contribution in [2.24, 2.45) is 0 Å². The molecule has 3 amide bonds. The number of carbonyl (C=O) groups excluding carboxylic acids is 2. The van der Waals surface area contributed by atoms with Crippen LogP contribution in [-0.4, -0.2) is 19.0 Å². The van der Waals surface area contributed by atoms with Gasteiger partial charge in [-0.2, -0.15) is 0 Å². The molecule has 3 aromatic carbocycles. The van der Waals surface area contributed by atoms with Crippen LogP contribution in [0.3, 0.4) is 0 Å². The molecule has 0 radical (unpaired) electrons. The van der Waals surface area contributed by atoms with Gasteiger partial charge in [0.15, 0.2) is 11.5 Å². The number of imide groups is 1. The molecule has 1 fully saturated rings. The van der Waals surface area contributed by atoms with E-state index >= 15 is 0 Å². The summed E-state index contributed by atoms with van der Waals surface area (Å²) in [6, 6.07) is 14.2. The van der Waals surface area contributed by atoms with E-state index in [4.69, 9.17) is 55.9 Å². The number of nitrogens with one attached hydrogen (secondary N) is 1. The molecule has 3 aromatic rings. The second kappa shape index (κ2) is 10.2. The summed E-state index contributed by atoms with van der Waals surface area (Å²) in [5.74, 6) is 0.118. The number of nitrogens with zero attached hydrogens (tertiary/aromatic N) is 1. The molecular weight excluding hydrogens is 522 g/mol. The SMILES string of the molecule is COc1cc(/C=C2/NC(=O)N(c3cccc(Cl)c3)C2=O)cc(Cl)c1OCc1ccc(Cl)cc1Cl. The molecule has 0 unspecified atom stereocenters. The summed E-state index contributed by atoms with van der Waals surface area (Å²) in [5.41, 5.74) is 1.68. The number of ether oxygens (including phenoxy) is 2. The molecule has 1 saturated heterocycles. The molecule has 1 aliphatic heterocycles. The molecule has 0 aromatic heterocycles. The number of amides is 3. The maximum atomic E-state index is 12.9. The molecule has 1 N–H and O–H groups in total. The Kier molecular flexibility index (Phi) is 7.24. The summed E-state index contributed by atoms with van der Waals surface area (Å²) in [6.45, 7) is 0.135. The van der Waals surface area contributed by atoms with Gasteiger partial charge in [-0.25, -0.2) is 9.69 Å². The van der Waals surface area contributed by atoms with Crippen molar-refractivity contribution in [3.8, 4) is 11.5 Å². The van der Waals surface area contributed by atoms with Crippen molar-refractivity contribution in [3.05, 3.63) is 91.5 Å². The molecule has 0 atom stereocenters. The third kappa shape index (κ3) is 5.10. The third-order valence-electron chi connectivity index (χ3n) is 4.89. The van der Waals surface area contributed by atoms with E-state index < -0.39 is 11.9 Å². The number of carbonyl (C=O) groups is 2. The van der Waals surface area contributed by atoms with Gasteiger partial charge in [0.05, 0.1) is 17.8 Å². The van der Waals surface area contributed by atoms with Gasteiger partial charge in [0.2, 0.25) is 0 Å². The van der Waals surface area contributed by atoms with E-state index in [0.717, 1.165) is 10.5 Å². The summed E-state index contributed by atoms with van der Waals surface area (Å²) in [6.07, 6.45) is 1.50. The largest absolute Gasteiger partial charge is 0.493 e. The number of rotatable bonds is 6. The van der Waals surface area contributed by atoms with Crippen LogP contribution in [-0.2, 0) is 11.4 Å². The number of hydrogen-bond acceptors (Lipinski definition) is 4. The Hall–Kier alpha value is -2.90. The molecular formula is C24H16Cl4N2O4. The molecule has 4 rings (SSSR count). The lowest BCUT2D eigenvalue weighted by Crippen LogP contribution is -2.30. The van der Waals surface area contributed by atoms with Gasteiger partial charge in [0, 0.05) is 20.6 Å². The second-order valence-corrected chi connectivity index (χ2v) is 8.85. The lowest BCUT2D eigenvalue weighted by molar-refractivity contribution is -0.113. The fourth-order valence-electron chi connectivity index (χ4n) is 3.30. The van der Waals surface area contributed by atoms with E-state index in [1.54, 1.807) is 48.5 Å². The normalized spacial score (nSPS) is 14.5. The van der Waals surface area contributed by atoms with Gasteiger partial charge < -0.3 is 14.8 Å². The lowest BCUT2D eigenvalue weighted by Gasteiger charge is -2.14. The minimum atomic E-state index is -0.587. The van der Waals surface area contributed by atoms with Crippen molar-refractivity contribution in [1.29, 1.82) is 0 Å². The molecule has 6 nitrogen and oxygen atoms in total. The fraction of sp³-hybridized carbons (Fsp3) is 0.0833. The van der Waals surface area contributed by atoms with Crippen LogP contribution >= 0.6 is 46.4 Å². The quantitative estimate of drug-likeness (QED) is 0.272. The van der Waals surface area contributed by atoms with Crippen LogP contribution in [0, 0.1) is 0 Å². The van der Waals surface area contributed by atoms with Gasteiger partial charge in [0.25, 0.3) is 5.91 Å². The Morgan fingerprint density at radius 1 is 0.941 bits per heavy atom. The second-order valence-electron chi connectivity index (χ2n) is 7.17. The molecule has 174 valence electrons. The number of hydrogen-bond donors (Lipinski definition) is 1. The summed E-state index contributed by atoms with van der Waals surface area (Å²) in [4.78, 5) is 26.3. The Morgan fingerprint density at radius 2 is 1.71 bits per heavy atom. The van der Waals surface area contributed by atoms with Crippen molar-refractivity contribution >= 4 is 70.1 Å². The number of urea groups is 1. The van der Waals surface area contributed by atoms with Crippen molar-refractivity contribution in [2.45, 2.75) is 6.61 Å². The number of benzene rings is 3. The zero-order chi connectivity index (χ0) is 24.4. The molecule has 1 aliphatic rings. The smallest absolute Gasteiger partial charge is 0.333 e. The molecule has 1 heterocycles. The third-order valence-corrected chi connectivity index (χ3v) is 6.00. The topological polar surface area (TPSA) is 67.9 Å². The highest BCUT2D eigenvalue weighted by atomic mass is 35.5. The molecule has 0 aliphatic carbocycles. The minimum Gasteiger partial charge on any atom is -0.493 e. The van der Waals surface area contributed by atoms with Crippen LogP contribution in [0.2, 0.25) is 20.1 Å². The highest BCUT2D eigenvalue weighted by molar-refractivity contribution is 6.35. The predicted octanol–water partition coefficient (Wildman–Crippen LogP) is 6.99. The highest BCUT2D eigenvalue weighted by Gasteiger charge is 2.35.